The van der Waals surface area contributed by atoms with Crippen molar-refractivity contribution >= 4 is 22.8 Å². The van der Waals surface area contributed by atoms with Gasteiger partial charge in [-0.25, -0.2) is 4.79 Å². The Bertz CT molecular complexity index is 1270. The molecule has 1 fully saturated rings. The maximum absolute atomic E-state index is 13.5. The Hall–Kier alpha value is -3.58. The van der Waals surface area contributed by atoms with Crippen molar-refractivity contribution in [1.82, 2.24) is 10.6 Å². The molecule has 0 bridgehead atoms. The average molecular weight is 505 g/mol. The molecule has 0 radical (unpaired) electrons. The van der Waals surface area contributed by atoms with Crippen molar-refractivity contribution in [3.63, 3.8) is 0 Å². The van der Waals surface area contributed by atoms with Crippen LogP contribution in [0.4, 0.5) is 4.79 Å². The molecule has 3 N–H and O–H groups in total. The van der Waals surface area contributed by atoms with Gasteiger partial charge < -0.3 is 25.2 Å². The summed E-state index contributed by atoms with van der Waals surface area (Å²) in [6, 6.07) is 17.8. The van der Waals surface area contributed by atoms with Crippen molar-refractivity contribution in [3.05, 3.63) is 76.9 Å². The number of carbonyl (C=O) groups is 2. The molecule has 7 nitrogen and oxygen atoms in total. The standard InChI is InChI=1S/C30H36N2O5/c1-4-5-7-21-11-12-22-8-6-9-27(26(22)16-21)30(14-15-30)32-28(33)25-17-24(13-10-20(25)2)37-19-23(18-36-3)31-29(34)35/h6,8-13,16-17,23,31H,4-5,7,14-15,18-19H2,1-3H3,(H,32,33)(H,34,35). The second-order valence-corrected chi connectivity index (χ2v) is 9.89. The number of fused-ring (bicyclic) bond motifs is 1. The van der Waals surface area contributed by atoms with Gasteiger partial charge in [-0.15, -0.1) is 0 Å². The smallest absolute Gasteiger partial charge is 0.405 e. The summed E-state index contributed by atoms with van der Waals surface area (Å²) in [6.45, 7) is 4.37. The van der Waals surface area contributed by atoms with Crippen molar-refractivity contribution in [2.45, 2.75) is 57.5 Å². The van der Waals surface area contributed by atoms with Crippen LogP contribution in [0.2, 0.25) is 0 Å². The highest BCUT2D eigenvalue weighted by molar-refractivity contribution is 5.97. The predicted octanol–water partition coefficient (Wildman–Crippen LogP) is 5.57. The largest absolute Gasteiger partial charge is 0.491 e. The minimum Gasteiger partial charge on any atom is -0.491 e. The quantitative estimate of drug-likeness (QED) is 0.300. The Morgan fingerprint density at radius 1 is 1.08 bits per heavy atom. The molecule has 1 saturated carbocycles. The fourth-order valence-corrected chi connectivity index (χ4v) is 4.78. The maximum atomic E-state index is 13.5. The second-order valence-electron chi connectivity index (χ2n) is 9.89. The van der Waals surface area contributed by atoms with E-state index in [-0.39, 0.29) is 24.7 Å². The zero-order chi connectivity index (χ0) is 26.4. The first-order valence-electron chi connectivity index (χ1n) is 12.9. The summed E-state index contributed by atoms with van der Waals surface area (Å²) < 4.78 is 10.9. The lowest BCUT2D eigenvalue weighted by molar-refractivity contribution is 0.0929. The Balaban J connectivity index is 1.53. The first-order valence-corrected chi connectivity index (χ1v) is 12.9. The molecule has 37 heavy (non-hydrogen) atoms. The minimum atomic E-state index is -1.14. The molecule has 3 aromatic carbocycles. The lowest BCUT2D eigenvalue weighted by atomic mass is 9.94. The van der Waals surface area contributed by atoms with Crippen LogP contribution in [0.25, 0.3) is 10.8 Å². The monoisotopic (exact) mass is 504 g/mol. The fraction of sp³-hybridized carbons (Fsp3) is 0.400. The van der Waals surface area contributed by atoms with Gasteiger partial charge in [0.2, 0.25) is 0 Å². The van der Waals surface area contributed by atoms with Crippen LogP contribution in [0, 0.1) is 6.92 Å². The van der Waals surface area contributed by atoms with Crippen LogP contribution in [-0.2, 0) is 16.7 Å². The molecule has 3 aromatic rings. The van der Waals surface area contributed by atoms with Crippen LogP contribution in [0.5, 0.6) is 5.75 Å². The van der Waals surface area contributed by atoms with E-state index in [9.17, 15) is 9.59 Å². The predicted molar refractivity (Wildman–Crippen MR) is 144 cm³/mol. The van der Waals surface area contributed by atoms with Gasteiger partial charge in [-0.05, 0) is 72.2 Å². The molecule has 0 spiro atoms. The summed E-state index contributed by atoms with van der Waals surface area (Å²) in [5, 5.41) is 17.1. The third-order valence-electron chi connectivity index (χ3n) is 6.98. The summed E-state index contributed by atoms with van der Waals surface area (Å²) in [5.41, 5.74) is 3.51. The van der Waals surface area contributed by atoms with Gasteiger partial charge in [-0.1, -0.05) is 55.8 Å². The SMILES string of the molecule is CCCCc1ccc2cccc(C3(NC(=O)c4cc(OCC(COC)NC(=O)O)ccc4C)CC3)c2c1. The van der Waals surface area contributed by atoms with Crippen molar-refractivity contribution in [1.29, 1.82) is 0 Å². The summed E-state index contributed by atoms with van der Waals surface area (Å²) in [7, 11) is 1.50. The van der Waals surface area contributed by atoms with E-state index in [4.69, 9.17) is 14.6 Å². The van der Waals surface area contributed by atoms with E-state index >= 15 is 0 Å². The normalized spacial score (nSPS) is 14.7. The number of benzene rings is 3. The topological polar surface area (TPSA) is 96.9 Å². The van der Waals surface area contributed by atoms with Crippen molar-refractivity contribution in [3.8, 4) is 5.75 Å². The van der Waals surface area contributed by atoms with Crippen LogP contribution in [0.15, 0.2) is 54.6 Å². The number of carboxylic acid groups (broad SMARTS) is 1. The zero-order valence-corrected chi connectivity index (χ0v) is 21.8. The van der Waals surface area contributed by atoms with Gasteiger partial charge in [0.15, 0.2) is 0 Å². The van der Waals surface area contributed by atoms with Gasteiger partial charge >= 0.3 is 6.09 Å². The van der Waals surface area contributed by atoms with Gasteiger partial charge in [0.05, 0.1) is 18.2 Å². The van der Waals surface area contributed by atoms with Crippen LogP contribution in [0.1, 0.15) is 59.7 Å². The number of aryl methyl sites for hydroxylation is 2. The number of nitrogens with one attached hydrogen (secondary N) is 2. The molecular weight excluding hydrogens is 468 g/mol. The first-order chi connectivity index (χ1) is 17.8. The molecule has 0 aromatic heterocycles. The Morgan fingerprint density at radius 2 is 1.89 bits per heavy atom. The Labute approximate surface area is 218 Å². The van der Waals surface area contributed by atoms with Crippen LogP contribution >= 0.6 is 0 Å². The number of unbranched alkanes of at least 4 members (excludes halogenated alkanes) is 1. The molecule has 0 aliphatic heterocycles. The number of methoxy groups -OCH3 is 1. The van der Waals surface area contributed by atoms with Gasteiger partial charge in [-0.3, -0.25) is 4.79 Å². The summed E-state index contributed by atoms with van der Waals surface area (Å²) in [6.07, 6.45) is 4.02. The lowest BCUT2D eigenvalue weighted by Crippen LogP contribution is -2.41. The fourth-order valence-electron chi connectivity index (χ4n) is 4.78. The van der Waals surface area contributed by atoms with Crippen molar-refractivity contribution in [2.24, 2.45) is 0 Å². The molecular formula is C30H36N2O5. The van der Waals surface area contributed by atoms with Crippen LogP contribution in [-0.4, -0.2) is 43.5 Å². The summed E-state index contributed by atoms with van der Waals surface area (Å²) in [5.74, 6) is 0.358. The minimum absolute atomic E-state index is 0.0879. The second kappa shape index (κ2) is 11.6. The Kier molecular flexibility index (Phi) is 8.34. The van der Waals surface area contributed by atoms with Crippen molar-refractivity contribution < 1.29 is 24.2 Å². The third kappa shape index (κ3) is 6.41. The number of rotatable bonds is 12. The van der Waals surface area contributed by atoms with Crippen LogP contribution in [0.3, 0.4) is 0 Å². The highest BCUT2D eigenvalue weighted by atomic mass is 16.5. The molecule has 2 amide bonds. The molecule has 1 atom stereocenters. The van der Waals surface area contributed by atoms with Gasteiger partial charge in [0, 0.05) is 12.7 Å². The number of carbonyl (C=O) groups excluding carboxylic acids is 1. The molecule has 0 saturated heterocycles. The number of amides is 2. The average Bonchev–Trinajstić information content (AvgIpc) is 3.66. The Morgan fingerprint density at radius 3 is 2.59 bits per heavy atom. The van der Waals surface area contributed by atoms with Gasteiger partial charge in [0.25, 0.3) is 5.91 Å². The van der Waals surface area contributed by atoms with E-state index in [2.05, 4.69) is 54.0 Å². The molecule has 1 aliphatic carbocycles. The first kappa shape index (κ1) is 26.5. The molecule has 0 heterocycles. The van der Waals surface area contributed by atoms with E-state index in [1.807, 2.05) is 13.0 Å². The molecule has 1 unspecified atom stereocenters. The third-order valence-corrected chi connectivity index (χ3v) is 6.98. The number of ether oxygens (including phenoxy) is 2. The summed E-state index contributed by atoms with van der Waals surface area (Å²) >= 11 is 0. The van der Waals surface area contributed by atoms with Crippen molar-refractivity contribution in [2.75, 3.05) is 20.3 Å². The molecule has 4 rings (SSSR count). The molecule has 7 heteroatoms. The maximum Gasteiger partial charge on any atom is 0.405 e. The molecule has 1 aliphatic rings. The van der Waals surface area contributed by atoms with Gasteiger partial charge in [0.1, 0.15) is 12.4 Å². The molecule has 196 valence electrons. The van der Waals surface area contributed by atoms with E-state index in [1.165, 1.54) is 29.0 Å². The van der Waals surface area contributed by atoms with E-state index in [1.54, 1.807) is 12.1 Å². The highest BCUT2D eigenvalue weighted by Gasteiger charge is 2.46. The number of hydrogen-bond acceptors (Lipinski definition) is 4. The highest BCUT2D eigenvalue weighted by Crippen LogP contribution is 2.48. The van der Waals surface area contributed by atoms with E-state index in [0.29, 0.717) is 11.3 Å². The zero-order valence-electron chi connectivity index (χ0n) is 21.8. The lowest BCUT2D eigenvalue weighted by Gasteiger charge is -2.22. The number of hydrogen-bond donors (Lipinski definition) is 3. The van der Waals surface area contributed by atoms with Crippen LogP contribution < -0.4 is 15.4 Å². The van der Waals surface area contributed by atoms with E-state index < -0.39 is 12.1 Å². The summed E-state index contributed by atoms with van der Waals surface area (Å²) in [4.78, 5) is 24.5. The van der Waals surface area contributed by atoms with E-state index in [0.717, 1.165) is 37.7 Å². The van der Waals surface area contributed by atoms with Gasteiger partial charge in [-0.2, -0.15) is 0 Å².